The Labute approximate surface area is 174 Å². The first-order valence-corrected chi connectivity index (χ1v) is 11.4. The van der Waals surface area contributed by atoms with Gasteiger partial charge in [-0.1, -0.05) is 0 Å². The van der Waals surface area contributed by atoms with Gasteiger partial charge in [0.25, 0.3) is 0 Å². The van der Waals surface area contributed by atoms with E-state index >= 15 is 0 Å². The molecule has 0 radical (unpaired) electrons. The fraction of sp³-hybridized carbons (Fsp3) is 0.333. The van der Waals surface area contributed by atoms with Crippen LogP contribution >= 0.6 is 0 Å². The molecule has 4 heteroatoms. The van der Waals surface area contributed by atoms with Crippen LogP contribution in [-0.2, 0) is 5.41 Å². The number of aryl methyl sites for hydroxylation is 4. The summed E-state index contributed by atoms with van der Waals surface area (Å²) < 4.78 is 2.65. The number of nitrogens with zero attached hydrogens (tertiary/aromatic N) is 3. The number of hydrogen-bond donors (Lipinski definition) is 0. The van der Waals surface area contributed by atoms with Gasteiger partial charge < -0.3 is 0 Å². The molecule has 4 rings (SSSR count). The Hall–Kier alpha value is -2.16. The molecular weight excluding hydrogens is 409 g/mol. The summed E-state index contributed by atoms with van der Waals surface area (Å²) in [7, 11) is 0. The summed E-state index contributed by atoms with van der Waals surface area (Å²) in [6.45, 7) is 15.5. The third kappa shape index (κ3) is 3.25. The summed E-state index contributed by atoms with van der Waals surface area (Å²) in [6, 6.07) is 9.22. The average Bonchev–Trinajstić information content (AvgIpc) is 2.59. The van der Waals surface area contributed by atoms with Gasteiger partial charge in [0.15, 0.2) is 0 Å². The molecule has 0 unspecified atom stereocenters. The second-order valence-corrected chi connectivity index (χ2v) is 11.1. The van der Waals surface area contributed by atoms with E-state index < -0.39 is 0 Å². The molecular formula is C24H27N3Se. The zero-order valence-corrected chi connectivity index (χ0v) is 19.4. The quantitative estimate of drug-likeness (QED) is 0.413. The molecule has 0 spiro atoms. The van der Waals surface area contributed by atoms with Crippen molar-refractivity contribution in [3.05, 3.63) is 64.5 Å². The van der Waals surface area contributed by atoms with Crippen molar-refractivity contribution in [1.82, 2.24) is 9.97 Å². The van der Waals surface area contributed by atoms with Gasteiger partial charge in [0.05, 0.1) is 0 Å². The average molecular weight is 436 g/mol. The molecule has 0 saturated carbocycles. The van der Waals surface area contributed by atoms with E-state index in [1.807, 2.05) is 12.4 Å². The van der Waals surface area contributed by atoms with E-state index in [1.54, 1.807) is 0 Å². The maximum atomic E-state index is 4.85. The molecule has 3 heterocycles. The zero-order valence-electron chi connectivity index (χ0n) is 17.7. The summed E-state index contributed by atoms with van der Waals surface area (Å²) in [5, 5.41) is 0. The third-order valence-electron chi connectivity index (χ3n) is 5.16. The van der Waals surface area contributed by atoms with E-state index in [-0.39, 0.29) is 20.4 Å². The molecule has 0 atom stereocenters. The standard InChI is InChI=1S/C24H27N3Se/c1-14-8-19-22(25-12-14)27(23-20(28-19)9-15(2)13-26-23)21-16(3)10-18(11-17(21)4)24(5,6)7/h8-13H,1-7H3. The van der Waals surface area contributed by atoms with Gasteiger partial charge in [-0.05, 0) is 0 Å². The van der Waals surface area contributed by atoms with Crippen LogP contribution in [0.3, 0.4) is 0 Å². The number of pyridine rings is 2. The van der Waals surface area contributed by atoms with Crippen molar-refractivity contribution in [2.75, 3.05) is 4.90 Å². The van der Waals surface area contributed by atoms with E-state index in [0.29, 0.717) is 0 Å². The summed E-state index contributed by atoms with van der Waals surface area (Å²) >= 11 is 0.215. The van der Waals surface area contributed by atoms with Crippen molar-refractivity contribution >= 4 is 41.2 Å². The summed E-state index contributed by atoms with van der Waals surface area (Å²) in [4.78, 5) is 12.0. The first-order chi connectivity index (χ1) is 13.1. The van der Waals surface area contributed by atoms with Crippen molar-refractivity contribution < 1.29 is 0 Å². The molecule has 1 aliphatic rings. The first kappa shape index (κ1) is 19.2. The molecule has 0 N–H and O–H groups in total. The Morgan fingerprint density at radius 3 is 1.64 bits per heavy atom. The van der Waals surface area contributed by atoms with E-state index in [9.17, 15) is 0 Å². The van der Waals surface area contributed by atoms with Gasteiger partial charge in [0, 0.05) is 0 Å². The molecule has 0 bridgehead atoms. The summed E-state index contributed by atoms with van der Waals surface area (Å²) in [6.07, 6.45) is 3.94. The number of hydrogen-bond acceptors (Lipinski definition) is 3. The van der Waals surface area contributed by atoms with Gasteiger partial charge in [0.2, 0.25) is 0 Å². The van der Waals surface area contributed by atoms with E-state index in [2.05, 4.69) is 77.6 Å². The molecule has 2 aromatic heterocycles. The predicted octanol–water partition coefficient (Wildman–Crippen LogP) is 4.45. The number of fused-ring (bicyclic) bond motifs is 2. The minimum atomic E-state index is 0.125. The van der Waals surface area contributed by atoms with Crippen LogP contribution in [0.25, 0.3) is 0 Å². The van der Waals surface area contributed by atoms with Crippen LogP contribution in [0.4, 0.5) is 17.3 Å². The van der Waals surface area contributed by atoms with Gasteiger partial charge in [-0.3, -0.25) is 0 Å². The normalized spacial score (nSPS) is 13.3. The van der Waals surface area contributed by atoms with E-state index in [0.717, 1.165) is 11.6 Å². The molecule has 0 amide bonds. The summed E-state index contributed by atoms with van der Waals surface area (Å²) in [5.41, 5.74) is 7.64. The molecule has 144 valence electrons. The molecule has 0 saturated heterocycles. The molecule has 1 aliphatic heterocycles. The topological polar surface area (TPSA) is 29.0 Å². The summed E-state index contributed by atoms with van der Waals surface area (Å²) in [5.74, 6) is 2.06. The van der Waals surface area contributed by atoms with Crippen molar-refractivity contribution in [2.24, 2.45) is 0 Å². The van der Waals surface area contributed by atoms with Gasteiger partial charge in [-0.25, -0.2) is 0 Å². The van der Waals surface area contributed by atoms with Crippen molar-refractivity contribution in [1.29, 1.82) is 0 Å². The van der Waals surface area contributed by atoms with Crippen LogP contribution in [0.1, 0.15) is 48.6 Å². The van der Waals surface area contributed by atoms with Crippen LogP contribution in [0.15, 0.2) is 36.7 Å². The number of benzene rings is 1. The second kappa shape index (κ2) is 6.72. The van der Waals surface area contributed by atoms with Gasteiger partial charge in [0.1, 0.15) is 0 Å². The fourth-order valence-corrected chi connectivity index (χ4v) is 6.24. The van der Waals surface area contributed by atoms with E-state index in [4.69, 9.17) is 9.97 Å². The fourth-order valence-electron chi connectivity index (χ4n) is 3.73. The van der Waals surface area contributed by atoms with Gasteiger partial charge >= 0.3 is 174 Å². The number of rotatable bonds is 1. The van der Waals surface area contributed by atoms with Crippen LogP contribution in [0.2, 0.25) is 0 Å². The Bertz CT molecular complexity index is 1010. The predicted molar refractivity (Wildman–Crippen MR) is 119 cm³/mol. The second-order valence-electron chi connectivity index (χ2n) is 8.81. The Morgan fingerprint density at radius 2 is 1.21 bits per heavy atom. The third-order valence-corrected chi connectivity index (χ3v) is 7.35. The molecule has 28 heavy (non-hydrogen) atoms. The molecule has 3 nitrogen and oxygen atoms in total. The minimum absolute atomic E-state index is 0.125. The number of anilines is 3. The molecule has 0 fully saturated rings. The molecule has 0 aliphatic carbocycles. The SMILES string of the molecule is Cc1cnc2c(c1)[Se]c1cc(C)cnc1N2c1c(C)cc(C(C)(C)C)cc1C. The monoisotopic (exact) mass is 437 g/mol. The van der Waals surface area contributed by atoms with Crippen LogP contribution < -0.4 is 13.8 Å². The Balaban J connectivity index is 1.98. The van der Waals surface area contributed by atoms with Crippen LogP contribution in [0, 0.1) is 27.7 Å². The first-order valence-electron chi connectivity index (χ1n) is 9.68. The van der Waals surface area contributed by atoms with Crippen molar-refractivity contribution in [2.45, 2.75) is 53.9 Å². The number of aromatic nitrogens is 2. The Kier molecular flexibility index (Phi) is 4.60. The maximum absolute atomic E-state index is 4.85. The Morgan fingerprint density at radius 1 is 0.750 bits per heavy atom. The van der Waals surface area contributed by atoms with Crippen LogP contribution in [0.5, 0.6) is 0 Å². The van der Waals surface area contributed by atoms with Gasteiger partial charge in [-0.2, -0.15) is 0 Å². The van der Waals surface area contributed by atoms with Crippen LogP contribution in [-0.4, -0.2) is 24.9 Å². The van der Waals surface area contributed by atoms with Gasteiger partial charge in [-0.15, -0.1) is 0 Å². The van der Waals surface area contributed by atoms with Crippen molar-refractivity contribution in [3.63, 3.8) is 0 Å². The molecule has 1 aromatic carbocycles. The zero-order chi connectivity index (χ0) is 20.2. The molecule has 3 aromatic rings. The van der Waals surface area contributed by atoms with E-state index in [1.165, 1.54) is 42.4 Å². The van der Waals surface area contributed by atoms with Crippen molar-refractivity contribution in [3.8, 4) is 0 Å².